The van der Waals surface area contributed by atoms with Crippen molar-refractivity contribution in [1.29, 1.82) is 5.26 Å². The van der Waals surface area contributed by atoms with E-state index in [0.29, 0.717) is 33.5 Å². The largest absolute Gasteiger partial charge is 0.392 e. The van der Waals surface area contributed by atoms with Crippen LogP contribution >= 0.6 is 11.6 Å². The van der Waals surface area contributed by atoms with Gasteiger partial charge in [0.1, 0.15) is 11.8 Å². The molecule has 1 aromatic carbocycles. The lowest BCUT2D eigenvalue weighted by Gasteiger charge is -2.16. The van der Waals surface area contributed by atoms with Crippen LogP contribution in [0.15, 0.2) is 12.1 Å². The van der Waals surface area contributed by atoms with Crippen molar-refractivity contribution in [2.75, 3.05) is 0 Å². The van der Waals surface area contributed by atoms with Crippen molar-refractivity contribution < 1.29 is 15.3 Å². The highest BCUT2D eigenvalue weighted by Gasteiger charge is 2.21. The molecule has 0 aliphatic carbocycles. The summed E-state index contributed by atoms with van der Waals surface area (Å²) >= 11 is 6.24. The van der Waals surface area contributed by atoms with E-state index in [1.54, 1.807) is 12.1 Å². The topological polar surface area (TPSA) is 126 Å². The average molecular weight is 322 g/mol. The Morgan fingerprint density at radius 2 is 1.82 bits per heavy atom. The van der Waals surface area contributed by atoms with Gasteiger partial charge in [-0.1, -0.05) is 23.7 Å². The maximum Gasteiger partial charge on any atom is 0.137 e. The summed E-state index contributed by atoms with van der Waals surface area (Å²) in [5, 5.41) is 37.9. The predicted octanol–water partition coefficient (Wildman–Crippen LogP) is 1.14. The zero-order valence-electron chi connectivity index (χ0n) is 11.7. The molecule has 0 bridgehead atoms. The van der Waals surface area contributed by atoms with Gasteiger partial charge in [0.05, 0.1) is 24.8 Å². The van der Waals surface area contributed by atoms with Crippen molar-refractivity contribution in [1.82, 2.24) is 4.98 Å². The molecule has 7 heteroatoms. The third kappa shape index (κ3) is 2.61. The smallest absolute Gasteiger partial charge is 0.137 e. The maximum atomic E-state index is 9.69. The van der Waals surface area contributed by atoms with Crippen molar-refractivity contribution in [3.63, 3.8) is 0 Å². The van der Waals surface area contributed by atoms with Crippen LogP contribution in [0.2, 0.25) is 5.02 Å². The van der Waals surface area contributed by atoms with Gasteiger partial charge >= 0.3 is 0 Å². The van der Waals surface area contributed by atoms with Gasteiger partial charge in [-0.3, -0.25) is 0 Å². The van der Waals surface area contributed by atoms with E-state index in [9.17, 15) is 15.3 Å². The fourth-order valence-corrected chi connectivity index (χ4v) is 2.84. The Morgan fingerprint density at radius 3 is 2.32 bits per heavy atom. The molecule has 6 N–H and O–H groups in total. The molecule has 0 unspecified atom stereocenters. The number of aliphatic hydroxyl groups excluding tert-OH is 3. The van der Waals surface area contributed by atoms with E-state index in [0.717, 1.165) is 0 Å². The van der Waals surface area contributed by atoms with Gasteiger partial charge in [0.2, 0.25) is 0 Å². The number of benzene rings is 1. The second kappa shape index (κ2) is 6.92. The quantitative estimate of drug-likeness (QED) is 0.564. The summed E-state index contributed by atoms with van der Waals surface area (Å²) in [6.45, 7) is -0.785. The Bertz CT molecular complexity index is 735. The van der Waals surface area contributed by atoms with Crippen molar-refractivity contribution in [3.8, 4) is 17.2 Å². The van der Waals surface area contributed by atoms with Crippen LogP contribution in [0.1, 0.15) is 28.1 Å². The van der Waals surface area contributed by atoms with Crippen LogP contribution in [0.5, 0.6) is 0 Å². The lowest BCUT2D eigenvalue weighted by molar-refractivity contribution is 0.248. The Hall–Kier alpha value is -1.88. The Morgan fingerprint density at radius 1 is 1.14 bits per heavy atom. The summed E-state index contributed by atoms with van der Waals surface area (Å²) in [7, 11) is 0. The number of aromatic nitrogens is 1. The van der Waals surface area contributed by atoms with E-state index in [1.807, 2.05) is 6.07 Å². The molecule has 0 aliphatic rings. The van der Waals surface area contributed by atoms with Crippen LogP contribution < -0.4 is 5.73 Å². The van der Waals surface area contributed by atoms with Crippen molar-refractivity contribution in [2.45, 2.75) is 26.4 Å². The molecule has 6 nitrogen and oxygen atoms in total. The number of aromatic amines is 1. The van der Waals surface area contributed by atoms with E-state index < -0.39 is 0 Å². The first-order valence-corrected chi connectivity index (χ1v) is 6.97. The van der Waals surface area contributed by atoms with E-state index in [4.69, 9.17) is 22.6 Å². The van der Waals surface area contributed by atoms with Gasteiger partial charge in [-0.15, -0.1) is 0 Å². The van der Waals surface area contributed by atoms with Gasteiger partial charge in [-0.25, -0.2) is 0 Å². The number of nitrogens with two attached hydrogens (primary N) is 1. The van der Waals surface area contributed by atoms with Gasteiger partial charge in [0.15, 0.2) is 0 Å². The summed E-state index contributed by atoms with van der Waals surface area (Å²) in [6, 6.07) is 5.29. The minimum absolute atomic E-state index is 0.137. The Kier molecular flexibility index (Phi) is 5.19. The van der Waals surface area contributed by atoms with Gasteiger partial charge in [0.25, 0.3) is 0 Å². The van der Waals surface area contributed by atoms with Gasteiger partial charge in [-0.2, -0.15) is 5.26 Å². The second-order valence-electron chi connectivity index (χ2n) is 4.69. The summed E-state index contributed by atoms with van der Waals surface area (Å²) in [4.78, 5) is 2.85. The number of halogens is 1. The highest BCUT2D eigenvalue weighted by Crippen LogP contribution is 2.38. The van der Waals surface area contributed by atoms with Crippen LogP contribution in [0.25, 0.3) is 11.1 Å². The molecular weight excluding hydrogens is 306 g/mol. The minimum Gasteiger partial charge on any atom is -0.392 e. The summed E-state index contributed by atoms with van der Waals surface area (Å²) in [5.74, 6) is 0. The van der Waals surface area contributed by atoms with Crippen LogP contribution in [0, 0.1) is 11.3 Å². The molecular formula is C15H16ClN3O3. The van der Waals surface area contributed by atoms with E-state index in [2.05, 4.69) is 4.98 Å². The first-order valence-electron chi connectivity index (χ1n) is 6.59. The zero-order chi connectivity index (χ0) is 16.3. The molecule has 1 heterocycles. The summed E-state index contributed by atoms with van der Waals surface area (Å²) in [6.07, 6.45) is 0. The third-order valence-electron chi connectivity index (χ3n) is 3.62. The maximum absolute atomic E-state index is 9.69. The molecule has 22 heavy (non-hydrogen) atoms. The molecule has 116 valence electrons. The first kappa shape index (κ1) is 16.5. The highest BCUT2D eigenvalue weighted by atomic mass is 35.5. The number of hydrogen-bond donors (Lipinski definition) is 5. The van der Waals surface area contributed by atoms with E-state index in [-0.39, 0.29) is 37.1 Å². The minimum atomic E-state index is -0.341. The first-order chi connectivity index (χ1) is 10.6. The van der Waals surface area contributed by atoms with Crippen LogP contribution in [0.3, 0.4) is 0 Å². The Balaban J connectivity index is 2.79. The fraction of sp³-hybridized carbons (Fsp3) is 0.267. The number of aliphatic hydroxyl groups is 3. The summed E-state index contributed by atoms with van der Waals surface area (Å²) in [5.41, 5.74) is 8.98. The zero-order valence-corrected chi connectivity index (χ0v) is 12.5. The molecule has 0 fully saturated rings. The molecule has 0 saturated heterocycles. The SMILES string of the molecule is N#Cc1[nH]c(CN)c(-c2ccc(CO)c(CO)c2CO)c1Cl. The van der Waals surface area contributed by atoms with Crippen LogP contribution in [-0.4, -0.2) is 20.3 Å². The number of rotatable bonds is 5. The van der Waals surface area contributed by atoms with Crippen LogP contribution in [-0.2, 0) is 26.4 Å². The fourth-order valence-electron chi connectivity index (χ4n) is 2.54. The Labute approximate surface area is 132 Å². The number of nitriles is 1. The van der Waals surface area contributed by atoms with Crippen molar-refractivity contribution in [2.24, 2.45) is 5.73 Å². The van der Waals surface area contributed by atoms with Gasteiger partial charge in [0, 0.05) is 17.8 Å². The van der Waals surface area contributed by atoms with Crippen LogP contribution in [0.4, 0.5) is 0 Å². The number of hydrogen-bond acceptors (Lipinski definition) is 5. The van der Waals surface area contributed by atoms with Gasteiger partial charge in [-0.05, 0) is 22.3 Å². The molecule has 0 saturated carbocycles. The molecule has 0 spiro atoms. The molecule has 0 atom stereocenters. The van der Waals surface area contributed by atoms with Crippen molar-refractivity contribution >= 4 is 11.6 Å². The van der Waals surface area contributed by atoms with E-state index in [1.165, 1.54) is 0 Å². The normalized spacial score (nSPS) is 10.7. The molecule has 0 aliphatic heterocycles. The van der Waals surface area contributed by atoms with Gasteiger partial charge < -0.3 is 26.0 Å². The van der Waals surface area contributed by atoms with Crippen molar-refractivity contribution in [3.05, 3.63) is 45.2 Å². The molecule has 0 amide bonds. The lowest BCUT2D eigenvalue weighted by atomic mass is 9.92. The average Bonchev–Trinajstić information content (AvgIpc) is 2.88. The second-order valence-corrected chi connectivity index (χ2v) is 5.07. The standard InChI is InChI=1S/C15H16ClN3O3/c16-15-13(4-18)19-12(3-17)14(15)9-2-1-8(5-20)10(6-21)11(9)7-22/h1-2,19-22H,3,5-7,17H2. The highest BCUT2D eigenvalue weighted by molar-refractivity contribution is 6.34. The number of nitrogens with one attached hydrogen (secondary N) is 1. The predicted molar refractivity (Wildman–Crippen MR) is 81.6 cm³/mol. The molecule has 2 aromatic rings. The molecule has 0 radical (unpaired) electrons. The number of H-pyrrole nitrogens is 1. The van der Waals surface area contributed by atoms with E-state index >= 15 is 0 Å². The lowest BCUT2D eigenvalue weighted by Crippen LogP contribution is -2.05. The number of nitrogens with zero attached hydrogens (tertiary/aromatic N) is 1. The summed E-state index contributed by atoms with van der Waals surface area (Å²) < 4.78 is 0. The molecule has 1 aromatic heterocycles. The monoisotopic (exact) mass is 321 g/mol. The third-order valence-corrected chi connectivity index (χ3v) is 3.99. The molecule has 2 rings (SSSR count).